The Labute approximate surface area is 163 Å². The van der Waals surface area contributed by atoms with E-state index in [2.05, 4.69) is 0 Å². The van der Waals surface area contributed by atoms with Gasteiger partial charge in [-0.25, -0.2) is 9.18 Å². The molecule has 2 atom stereocenters. The van der Waals surface area contributed by atoms with Crippen molar-refractivity contribution in [1.82, 2.24) is 0 Å². The highest BCUT2D eigenvalue weighted by Gasteiger charge is 2.44. The van der Waals surface area contributed by atoms with Crippen LogP contribution in [0.15, 0.2) is 24.3 Å². The van der Waals surface area contributed by atoms with Crippen molar-refractivity contribution in [3.8, 4) is 0 Å². The summed E-state index contributed by atoms with van der Waals surface area (Å²) in [5.74, 6) is -1.62. The summed E-state index contributed by atoms with van der Waals surface area (Å²) >= 11 is 0. The maximum Gasteiger partial charge on any atom is 0.414 e. The average Bonchev–Trinajstić information content (AvgIpc) is 3.07. The number of benzene rings is 1. The lowest BCUT2D eigenvalue weighted by atomic mass is 10.0. The molecule has 2 aliphatic rings. The summed E-state index contributed by atoms with van der Waals surface area (Å²) in [6.07, 6.45) is -1.10. The van der Waals surface area contributed by atoms with Crippen molar-refractivity contribution in [2.24, 2.45) is 5.73 Å². The Balaban J connectivity index is 1.63. The van der Waals surface area contributed by atoms with Crippen LogP contribution in [0.4, 0.5) is 20.6 Å². The van der Waals surface area contributed by atoms with Gasteiger partial charge in [-0.2, -0.15) is 0 Å². The monoisotopic (exact) mass is 395 g/mol. The van der Waals surface area contributed by atoms with Crippen molar-refractivity contribution in [2.75, 3.05) is 43.7 Å². The lowest BCUT2D eigenvalue weighted by Crippen LogP contribution is -2.55. The van der Waals surface area contributed by atoms with Gasteiger partial charge in [0.1, 0.15) is 6.10 Å². The van der Waals surface area contributed by atoms with Crippen LogP contribution < -0.4 is 15.5 Å². The summed E-state index contributed by atoms with van der Waals surface area (Å²) in [6.45, 7) is 1.11. The predicted octanol–water partition coefficient (Wildman–Crippen LogP) is 1.81. The molecule has 1 aromatic rings. The minimum Gasteiger partial charge on any atom is -0.444 e. The molecular formula is C19H26FN3O5. The highest BCUT2D eigenvalue weighted by molar-refractivity contribution is 5.90. The number of hydrogen-bond acceptors (Lipinski definition) is 6. The molecule has 2 N–H and O–H groups in total. The van der Waals surface area contributed by atoms with Crippen LogP contribution in [0.2, 0.25) is 0 Å². The summed E-state index contributed by atoms with van der Waals surface area (Å²) in [7, 11) is 2.90. The summed E-state index contributed by atoms with van der Waals surface area (Å²) in [6, 6.07) is 7.29. The fourth-order valence-corrected chi connectivity index (χ4v) is 3.68. The number of rotatable bonds is 7. The number of methoxy groups -OCH3 is 2. The first-order valence-electron chi connectivity index (χ1n) is 9.24. The second-order valence-corrected chi connectivity index (χ2v) is 7.02. The van der Waals surface area contributed by atoms with Crippen molar-refractivity contribution in [1.29, 1.82) is 0 Å². The molecule has 9 heteroatoms. The average molecular weight is 395 g/mol. The molecule has 1 unspecified atom stereocenters. The van der Waals surface area contributed by atoms with Crippen LogP contribution in [-0.2, 0) is 19.0 Å². The standard InChI is InChI=1S/C19H26FN3O5/c1-26-19(27-2)9-10-22(12-16(19)20)13-3-5-14(6-4-13)23-11-15(28-18(23)25)7-8-17(21)24/h3-6,15-16H,7-12H2,1-2H3,(H2,21,24)/t15-,16?/m0/s1. The zero-order valence-electron chi connectivity index (χ0n) is 16.1. The van der Waals surface area contributed by atoms with E-state index >= 15 is 0 Å². The largest absolute Gasteiger partial charge is 0.444 e. The molecule has 2 aliphatic heterocycles. The van der Waals surface area contributed by atoms with Gasteiger partial charge in [0, 0.05) is 45.0 Å². The SMILES string of the molecule is COC1(OC)CCN(c2ccc(N3C[C@H](CCC(N)=O)OC3=O)cc2)CC1F. The predicted molar refractivity (Wildman–Crippen MR) is 101 cm³/mol. The van der Waals surface area contributed by atoms with Crippen molar-refractivity contribution in [2.45, 2.75) is 37.3 Å². The first-order valence-corrected chi connectivity index (χ1v) is 9.24. The van der Waals surface area contributed by atoms with Crippen LogP contribution in [0.1, 0.15) is 19.3 Å². The Kier molecular flexibility index (Phi) is 6.04. The number of cyclic esters (lactones) is 1. The van der Waals surface area contributed by atoms with E-state index in [1.54, 1.807) is 12.1 Å². The zero-order valence-corrected chi connectivity index (χ0v) is 16.1. The number of carbonyl (C=O) groups is 2. The van der Waals surface area contributed by atoms with Crippen molar-refractivity contribution in [3.63, 3.8) is 0 Å². The summed E-state index contributed by atoms with van der Waals surface area (Å²) in [5.41, 5.74) is 6.68. The number of nitrogens with two attached hydrogens (primary N) is 1. The number of anilines is 2. The minimum absolute atomic E-state index is 0.155. The van der Waals surface area contributed by atoms with Gasteiger partial charge in [-0.05, 0) is 30.7 Å². The Bertz CT molecular complexity index is 710. The normalized spacial score (nSPS) is 24.3. The number of piperidine rings is 1. The highest BCUT2D eigenvalue weighted by Crippen LogP contribution is 2.33. The number of primary amides is 1. The Morgan fingerprint density at radius 3 is 2.46 bits per heavy atom. The van der Waals surface area contributed by atoms with Gasteiger partial charge in [0.05, 0.1) is 13.1 Å². The molecule has 0 bridgehead atoms. The third kappa shape index (κ3) is 4.05. The molecule has 28 heavy (non-hydrogen) atoms. The molecule has 0 aromatic heterocycles. The van der Waals surface area contributed by atoms with Gasteiger partial charge in [0.2, 0.25) is 11.7 Å². The van der Waals surface area contributed by atoms with Gasteiger partial charge in [-0.1, -0.05) is 0 Å². The molecule has 1 aromatic carbocycles. The van der Waals surface area contributed by atoms with Crippen LogP contribution in [0, 0.1) is 0 Å². The number of hydrogen-bond donors (Lipinski definition) is 1. The number of carbonyl (C=O) groups excluding carboxylic acids is 2. The molecule has 154 valence electrons. The quantitative estimate of drug-likeness (QED) is 0.708. The van der Waals surface area contributed by atoms with Crippen molar-refractivity contribution in [3.05, 3.63) is 24.3 Å². The van der Waals surface area contributed by atoms with E-state index in [4.69, 9.17) is 19.9 Å². The van der Waals surface area contributed by atoms with Crippen LogP contribution >= 0.6 is 0 Å². The first-order chi connectivity index (χ1) is 13.4. The number of alkyl halides is 1. The summed E-state index contributed by atoms with van der Waals surface area (Å²) in [5, 5.41) is 0. The smallest absolute Gasteiger partial charge is 0.414 e. The van der Waals surface area contributed by atoms with Crippen molar-refractivity contribution < 1.29 is 28.2 Å². The number of halogens is 1. The molecule has 0 aliphatic carbocycles. The first kappa shape index (κ1) is 20.3. The third-order valence-corrected chi connectivity index (χ3v) is 5.39. The van der Waals surface area contributed by atoms with E-state index in [1.807, 2.05) is 17.0 Å². The summed E-state index contributed by atoms with van der Waals surface area (Å²) < 4.78 is 30.4. The molecule has 0 radical (unpaired) electrons. The van der Waals surface area contributed by atoms with Gasteiger partial charge >= 0.3 is 6.09 Å². The van der Waals surface area contributed by atoms with E-state index in [1.165, 1.54) is 19.1 Å². The molecule has 2 amide bonds. The van der Waals surface area contributed by atoms with Gasteiger partial charge < -0.3 is 24.8 Å². The van der Waals surface area contributed by atoms with Gasteiger partial charge in [0.15, 0.2) is 6.17 Å². The molecule has 3 rings (SSSR count). The van der Waals surface area contributed by atoms with E-state index < -0.39 is 24.0 Å². The Morgan fingerprint density at radius 1 is 1.25 bits per heavy atom. The van der Waals surface area contributed by atoms with Crippen LogP contribution in [0.5, 0.6) is 0 Å². The van der Waals surface area contributed by atoms with Gasteiger partial charge in [-0.15, -0.1) is 0 Å². The van der Waals surface area contributed by atoms with E-state index in [9.17, 15) is 14.0 Å². The van der Waals surface area contributed by atoms with Crippen LogP contribution in [0.3, 0.4) is 0 Å². The lowest BCUT2D eigenvalue weighted by molar-refractivity contribution is -0.249. The second kappa shape index (κ2) is 8.32. The third-order valence-electron chi connectivity index (χ3n) is 5.39. The van der Waals surface area contributed by atoms with Gasteiger partial charge in [0.25, 0.3) is 0 Å². The van der Waals surface area contributed by atoms with E-state index in [0.29, 0.717) is 31.6 Å². The van der Waals surface area contributed by atoms with Crippen LogP contribution in [-0.4, -0.2) is 63.9 Å². The lowest BCUT2D eigenvalue weighted by Gasteiger charge is -2.42. The zero-order chi connectivity index (χ0) is 20.3. The molecule has 2 fully saturated rings. The highest BCUT2D eigenvalue weighted by atomic mass is 19.1. The number of nitrogens with zero attached hydrogens (tertiary/aromatic N) is 2. The van der Waals surface area contributed by atoms with Crippen molar-refractivity contribution >= 4 is 23.4 Å². The fourth-order valence-electron chi connectivity index (χ4n) is 3.68. The summed E-state index contributed by atoms with van der Waals surface area (Å²) in [4.78, 5) is 26.4. The molecule has 8 nitrogen and oxygen atoms in total. The van der Waals surface area contributed by atoms with E-state index in [0.717, 1.165) is 5.69 Å². The van der Waals surface area contributed by atoms with E-state index in [-0.39, 0.29) is 19.1 Å². The molecule has 0 saturated carbocycles. The van der Waals surface area contributed by atoms with Crippen LogP contribution in [0.25, 0.3) is 0 Å². The Morgan fingerprint density at radius 2 is 1.89 bits per heavy atom. The number of ether oxygens (including phenoxy) is 3. The van der Waals surface area contributed by atoms with Gasteiger partial charge in [-0.3, -0.25) is 9.69 Å². The fraction of sp³-hybridized carbons (Fsp3) is 0.579. The molecular weight excluding hydrogens is 369 g/mol. The topological polar surface area (TPSA) is 94.3 Å². The Hall–Kier alpha value is -2.39. The minimum atomic E-state index is -1.28. The number of amides is 2. The molecule has 0 spiro atoms. The maximum atomic E-state index is 14.6. The maximum absolute atomic E-state index is 14.6. The second-order valence-electron chi connectivity index (χ2n) is 7.02. The molecule has 2 saturated heterocycles. The molecule has 2 heterocycles.